The van der Waals surface area contributed by atoms with Gasteiger partial charge in [-0.3, -0.25) is 0 Å². The summed E-state index contributed by atoms with van der Waals surface area (Å²) >= 11 is 0. The van der Waals surface area contributed by atoms with Crippen molar-refractivity contribution < 1.29 is 32.6 Å². The minimum Gasteiger partial charge on any atom is -0.542 e. The number of hydrogen-bond acceptors (Lipinski definition) is 7. The van der Waals surface area contributed by atoms with Crippen molar-refractivity contribution in [2.45, 2.75) is 66.5 Å². The first-order chi connectivity index (χ1) is 15.6. The van der Waals surface area contributed by atoms with E-state index in [1.165, 1.54) is 14.2 Å². The zero-order chi connectivity index (χ0) is 26.4. The molecule has 0 aromatic heterocycles. The molecule has 0 saturated carbocycles. The molecule has 0 spiro atoms. The van der Waals surface area contributed by atoms with Gasteiger partial charge in [0.1, 0.15) is 17.2 Å². The zero-order valence-electron chi connectivity index (χ0n) is 23.3. The number of carbonyl (C=O) groups excluding carboxylic acids is 1. The lowest BCUT2D eigenvalue weighted by Gasteiger charge is -2.31. The molecule has 10 heteroatoms. The van der Waals surface area contributed by atoms with Gasteiger partial charge >= 0.3 is 5.97 Å². The number of benzene rings is 1. The third kappa shape index (κ3) is 8.09. The van der Waals surface area contributed by atoms with E-state index >= 15 is 0 Å². The normalized spacial score (nSPS) is 12.9. The van der Waals surface area contributed by atoms with Crippen molar-refractivity contribution >= 4 is 43.8 Å². The minimum atomic E-state index is -2.01. The lowest BCUT2D eigenvalue weighted by Crippen LogP contribution is -2.35. The van der Waals surface area contributed by atoms with Crippen LogP contribution in [0.15, 0.2) is 5.76 Å². The van der Waals surface area contributed by atoms with Gasteiger partial charge < -0.3 is 27.8 Å². The molecule has 1 rings (SSSR count). The Kier molecular flexibility index (Phi) is 10.8. The van der Waals surface area contributed by atoms with Crippen molar-refractivity contribution in [1.29, 1.82) is 0 Å². The molecule has 0 radical (unpaired) electrons. The monoisotopic (exact) mass is 528 g/mol. The summed E-state index contributed by atoms with van der Waals surface area (Å²) < 4.78 is 35.7. The van der Waals surface area contributed by atoms with E-state index in [0.29, 0.717) is 39.8 Å². The van der Waals surface area contributed by atoms with Crippen LogP contribution in [0.1, 0.15) is 31.4 Å². The maximum absolute atomic E-state index is 12.9. The van der Waals surface area contributed by atoms with Crippen LogP contribution in [0.4, 0.5) is 0 Å². The van der Waals surface area contributed by atoms with E-state index in [4.69, 9.17) is 27.8 Å². The van der Waals surface area contributed by atoms with E-state index in [2.05, 4.69) is 53.1 Å². The first-order valence-corrected chi connectivity index (χ1v) is 19.5. The molecule has 0 unspecified atom stereocenters. The highest BCUT2D eigenvalue weighted by atomic mass is 28.4. The summed E-state index contributed by atoms with van der Waals surface area (Å²) in [5.74, 6) is 2.10. The lowest BCUT2D eigenvalue weighted by molar-refractivity contribution is -0.143. The van der Waals surface area contributed by atoms with Crippen molar-refractivity contribution in [3.05, 3.63) is 16.9 Å². The van der Waals surface area contributed by atoms with Crippen LogP contribution in [0.2, 0.25) is 39.3 Å². The Labute approximate surface area is 210 Å². The fourth-order valence-corrected chi connectivity index (χ4v) is 6.04. The highest BCUT2D eigenvalue weighted by Gasteiger charge is 2.33. The summed E-state index contributed by atoms with van der Waals surface area (Å²) in [6.07, 6.45) is 0.759. The molecule has 34 heavy (non-hydrogen) atoms. The average molecular weight is 529 g/mol. The summed E-state index contributed by atoms with van der Waals surface area (Å²) in [5.41, 5.74) is 1.39. The van der Waals surface area contributed by atoms with Crippen LogP contribution in [-0.2, 0) is 19.0 Å². The van der Waals surface area contributed by atoms with Gasteiger partial charge in [0.2, 0.25) is 22.4 Å². The number of carbonyl (C=O) groups is 1. The van der Waals surface area contributed by atoms with E-state index in [-0.39, 0.29) is 11.5 Å². The van der Waals surface area contributed by atoms with Crippen LogP contribution < -0.4 is 18.8 Å². The molecule has 0 saturated heterocycles. The number of ether oxygens (including phenoxy) is 4. The van der Waals surface area contributed by atoms with Gasteiger partial charge in [0, 0.05) is 21.0 Å². The summed E-state index contributed by atoms with van der Waals surface area (Å²) in [6, 6.07) is 0. The predicted octanol–water partition coefficient (Wildman–Crippen LogP) is 3.97. The van der Waals surface area contributed by atoms with Crippen LogP contribution in [-0.4, -0.2) is 60.8 Å². The van der Waals surface area contributed by atoms with E-state index in [1.54, 1.807) is 7.11 Å². The van der Waals surface area contributed by atoms with Gasteiger partial charge in [0.05, 0.1) is 33.5 Å². The standard InChI is InChI=1S/C24H44O7Si3/c1-15(2)13-14-29-24(25)22(28-6)19(26-4)17-16(3)18(30-33(7,8)9)21(31-34(10,11)12)23(32)20(17)27-5/h15H,13-14H2,1-12,32H3. The van der Waals surface area contributed by atoms with E-state index in [1.807, 2.05) is 6.92 Å². The Bertz CT molecular complexity index is 898. The van der Waals surface area contributed by atoms with Crippen LogP contribution >= 0.6 is 0 Å². The topological polar surface area (TPSA) is 72.5 Å². The van der Waals surface area contributed by atoms with Gasteiger partial charge in [-0.25, -0.2) is 4.79 Å². The van der Waals surface area contributed by atoms with Gasteiger partial charge in [0.25, 0.3) is 0 Å². The zero-order valence-corrected chi connectivity index (χ0v) is 27.3. The molecule has 0 atom stereocenters. The minimum absolute atomic E-state index is 0.00783. The van der Waals surface area contributed by atoms with Crippen molar-refractivity contribution in [3.63, 3.8) is 0 Å². The van der Waals surface area contributed by atoms with Gasteiger partial charge in [-0.15, -0.1) is 0 Å². The van der Waals surface area contributed by atoms with Crippen LogP contribution in [0.5, 0.6) is 17.2 Å². The summed E-state index contributed by atoms with van der Waals surface area (Å²) in [7, 11) is 1.21. The molecule has 0 N–H and O–H groups in total. The summed E-state index contributed by atoms with van der Waals surface area (Å²) in [6.45, 7) is 19.2. The molecule has 0 aliphatic heterocycles. The first kappa shape index (κ1) is 30.1. The first-order valence-electron chi connectivity index (χ1n) is 11.7. The molecule has 0 fully saturated rings. The second-order valence-corrected chi connectivity index (χ2v) is 20.5. The smallest absolute Gasteiger partial charge is 0.377 e. The SMILES string of the molecule is COC(C(=O)OCCC(C)C)=C(OC)c1c(C)c(O[Si](C)(C)C)c(O[Si](C)(C)C)c([SiH3])c1OC. The Hall–Kier alpha value is -1.92. The largest absolute Gasteiger partial charge is 0.542 e. The van der Waals surface area contributed by atoms with Gasteiger partial charge in [-0.05, 0) is 58.5 Å². The van der Waals surface area contributed by atoms with E-state index in [9.17, 15) is 4.79 Å². The second-order valence-electron chi connectivity index (χ2n) is 10.6. The Morgan fingerprint density at radius 3 is 1.82 bits per heavy atom. The van der Waals surface area contributed by atoms with Gasteiger partial charge in [-0.1, -0.05) is 13.8 Å². The molecular weight excluding hydrogens is 485 g/mol. The molecule has 1 aromatic rings. The molecule has 0 aliphatic rings. The van der Waals surface area contributed by atoms with Crippen LogP contribution in [0.3, 0.4) is 0 Å². The fourth-order valence-electron chi connectivity index (χ4n) is 3.33. The second kappa shape index (κ2) is 12.2. The quantitative estimate of drug-likeness (QED) is 0.176. The number of methoxy groups -OCH3 is 3. The Morgan fingerprint density at radius 1 is 0.882 bits per heavy atom. The number of hydrogen-bond donors (Lipinski definition) is 0. The lowest BCUT2D eigenvalue weighted by atomic mass is 10.0. The molecule has 0 heterocycles. The molecule has 0 amide bonds. The summed E-state index contributed by atoms with van der Waals surface area (Å²) in [4.78, 5) is 12.9. The van der Waals surface area contributed by atoms with Crippen LogP contribution in [0, 0.1) is 12.8 Å². The van der Waals surface area contributed by atoms with Crippen molar-refractivity contribution in [3.8, 4) is 17.2 Å². The maximum Gasteiger partial charge on any atom is 0.377 e. The van der Waals surface area contributed by atoms with Crippen molar-refractivity contribution in [2.75, 3.05) is 27.9 Å². The number of rotatable bonds is 12. The molecule has 1 aromatic carbocycles. The molecule has 0 bridgehead atoms. The summed E-state index contributed by atoms with van der Waals surface area (Å²) in [5, 5.41) is 0.914. The van der Waals surface area contributed by atoms with E-state index in [0.717, 1.165) is 22.9 Å². The predicted molar refractivity (Wildman–Crippen MR) is 147 cm³/mol. The average Bonchev–Trinajstić information content (AvgIpc) is 2.69. The van der Waals surface area contributed by atoms with Crippen molar-refractivity contribution in [1.82, 2.24) is 0 Å². The fraction of sp³-hybridized carbons (Fsp3) is 0.625. The molecule has 7 nitrogen and oxygen atoms in total. The molecule has 0 aliphatic carbocycles. The van der Waals surface area contributed by atoms with Crippen LogP contribution in [0.25, 0.3) is 5.76 Å². The van der Waals surface area contributed by atoms with Gasteiger partial charge in [0.15, 0.2) is 5.76 Å². The highest BCUT2D eigenvalue weighted by Crippen LogP contribution is 2.43. The van der Waals surface area contributed by atoms with Crippen molar-refractivity contribution in [2.24, 2.45) is 5.92 Å². The molecular formula is C24H44O7Si3. The Morgan fingerprint density at radius 2 is 1.41 bits per heavy atom. The van der Waals surface area contributed by atoms with Gasteiger partial charge in [-0.2, -0.15) is 0 Å². The Balaban J connectivity index is 3.90. The molecule has 194 valence electrons. The highest BCUT2D eigenvalue weighted by molar-refractivity contribution is 6.71. The third-order valence-electron chi connectivity index (χ3n) is 4.81. The maximum atomic E-state index is 12.9. The van der Waals surface area contributed by atoms with E-state index < -0.39 is 22.6 Å². The third-order valence-corrected chi connectivity index (χ3v) is 7.35. The number of esters is 1.